The van der Waals surface area contributed by atoms with Gasteiger partial charge in [0.25, 0.3) is 0 Å². The first-order valence-corrected chi connectivity index (χ1v) is 8.12. The van der Waals surface area contributed by atoms with E-state index in [1.54, 1.807) is 0 Å². The lowest BCUT2D eigenvalue weighted by Gasteiger charge is -2.34. The van der Waals surface area contributed by atoms with E-state index >= 15 is 0 Å². The molecule has 0 amide bonds. The lowest BCUT2D eigenvalue weighted by Crippen LogP contribution is -2.42. The quantitative estimate of drug-likeness (QED) is 0.847. The molecule has 0 radical (unpaired) electrons. The van der Waals surface area contributed by atoms with Crippen LogP contribution < -0.4 is 5.32 Å². The molecule has 1 aromatic carbocycles. The second-order valence-corrected chi connectivity index (χ2v) is 6.98. The summed E-state index contributed by atoms with van der Waals surface area (Å²) in [6.07, 6.45) is 5.07. The molecule has 5 unspecified atom stereocenters. The first-order chi connectivity index (χ1) is 9.75. The van der Waals surface area contributed by atoms with E-state index < -0.39 is 0 Å². The molecule has 20 heavy (non-hydrogen) atoms. The topological polar surface area (TPSA) is 29.1 Å². The number of ketones is 1. The molecule has 1 heterocycles. The Labute approximate surface area is 121 Å². The Bertz CT molecular complexity index is 538. The number of nitrogens with one attached hydrogen (secondary N) is 1. The van der Waals surface area contributed by atoms with Crippen molar-refractivity contribution in [3.8, 4) is 0 Å². The predicted molar refractivity (Wildman–Crippen MR) is 79.9 cm³/mol. The zero-order chi connectivity index (χ0) is 13.7. The van der Waals surface area contributed by atoms with Crippen LogP contribution in [0.25, 0.3) is 0 Å². The standard InChI is InChI=1S/C18H23NO/c1-11-9-16(17-14-8-4-5-12(14)10-19-17)18(20)15-7-3-2-6-13(11)15/h2-3,6-7,11-12,14,16-17,19H,4-5,8-10H2,1H3. The summed E-state index contributed by atoms with van der Waals surface area (Å²) in [7, 11) is 0. The molecule has 5 atom stereocenters. The summed E-state index contributed by atoms with van der Waals surface area (Å²) in [6.45, 7) is 3.41. The maximum atomic E-state index is 12.9. The smallest absolute Gasteiger partial charge is 0.167 e. The third kappa shape index (κ3) is 1.77. The van der Waals surface area contributed by atoms with Crippen molar-refractivity contribution in [2.45, 2.75) is 44.6 Å². The molecule has 1 saturated heterocycles. The van der Waals surface area contributed by atoms with Gasteiger partial charge in [-0.1, -0.05) is 37.6 Å². The van der Waals surface area contributed by atoms with Crippen molar-refractivity contribution >= 4 is 5.78 Å². The second kappa shape index (κ2) is 4.70. The van der Waals surface area contributed by atoms with Crippen molar-refractivity contribution in [2.24, 2.45) is 17.8 Å². The fraction of sp³-hybridized carbons (Fsp3) is 0.611. The molecule has 0 bridgehead atoms. The molecule has 2 aliphatic carbocycles. The lowest BCUT2D eigenvalue weighted by molar-refractivity contribution is 0.0843. The molecule has 4 rings (SSSR count). The maximum absolute atomic E-state index is 12.9. The Kier molecular flexibility index (Phi) is 2.95. The summed E-state index contributed by atoms with van der Waals surface area (Å²) in [4.78, 5) is 12.9. The highest BCUT2D eigenvalue weighted by Crippen LogP contribution is 2.45. The van der Waals surface area contributed by atoms with E-state index in [-0.39, 0.29) is 5.92 Å². The summed E-state index contributed by atoms with van der Waals surface area (Å²) >= 11 is 0. The molecule has 2 nitrogen and oxygen atoms in total. The fourth-order valence-corrected chi connectivity index (χ4v) is 4.95. The van der Waals surface area contributed by atoms with Crippen LogP contribution in [0.2, 0.25) is 0 Å². The maximum Gasteiger partial charge on any atom is 0.167 e. The fourth-order valence-electron chi connectivity index (χ4n) is 4.95. The Hall–Kier alpha value is -1.15. The first-order valence-electron chi connectivity index (χ1n) is 8.12. The van der Waals surface area contributed by atoms with Gasteiger partial charge in [0, 0.05) is 17.5 Å². The minimum atomic E-state index is 0.202. The number of rotatable bonds is 1. The van der Waals surface area contributed by atoms with Crippen LogP contribution in [-0.2, 0) is 0 Å². The molecule has 106 valence electrons. The minimum Gasteiger partial charge on any atom is -0.313 e. The van der Waals surface area contributed by atoms with Crippen LogP contribution in [0.3, 0.4) is 0 Å². The number of carbonyl (C=O) groups is 1. The van der Waals surface area contributed by atoms with E-state index in [0.717, 1.165) is 30.4 Å². The zero-order valence-corrected chi connectivity index (χ0v) is 12.1. The van der Waals surface area contributed by atoms with E-state index in [9.17, 15) is 4.79 Å². The first kappa shape index (κ1) is 12.6. The average molecular weight is 269 g/mol. The molecule has 2 fully saturated rings. The highest BCUT2D eigenvalue weighted by Gasteiger charge is 2.46. The van der Waals surface area contributed by atoms with Gasteiger partial charge in [0.15, 0.2) is 5.78 Å². The van der Waals surface area contributed by atoms with Crippen LogP contribution in [0.5, 0.6) is 0 Å². The molecule has 0 spiro atoms. The number of benzene rings is 1. The van der Waals surface area contributed by atoms with Gasteiger partial charge >= 0.3 is 0 Å². The molecule has 2 heteroatoms. The van der Waals surface area contributed by atoms with E-state index in [1.165, 1.54) is 24.8 Å². The molecule has 1 saturated carbocycles. The third-order valence-corrected chi connectivity index (χ3v) is 5.93. The number of carbonyl (C=O) groups excluding carboxylic acids is 1. The van der Waals surface area contributed by atoms with Crippen LogP contribution >= 0.6 is 0 Å². The van der Waals surface area contributed by atoms with Gasteiger partial charge < -0.3 is 5.32 Å². The van der Waals surface area contributed by atoms with E-state index in [0.29, 0.717) is 17.7 Å². The van der Waals surface area contributed by atoms with Gasteiger partial charge in [-0.15, -0.1) is 0 Å². The van der Waals surface area contributed by atoms with Crippen LogP contribution in [0.4, 0.5) is 0 Å². The lowest BCUT2D eigenvalue weighted by atomic mass is 9.71. The van der Waals surface area contributed by atoms with Crippen LogP contribution in [0.15, 0.2) is 24.3 Å². The van der Waals surface area contributed by atoms with Crippen molar-refractivity contribution < 1.29 is 4.79 Å². The molecule has 1 aliphatic heterocycles. The minimum absolute atomic E-state index is 0.202. The normalized spacial score (nSPS) is 39.6. The number of Topliss-reactive ketones (excluding diaryl/α,β-unsaturated/α-hetero) is 1. The van der Waals surface area contributed by atoms with Gasteiger partial charge in [-0.25, -0.2) is 0 Å². The average Bonchev–Trinajstić information content (AvgIpc) is 3.06. The van der Waals surface area contributed by atoms with Gasteiger partial charge in [0.1, 0.15) is 0 Å². The summed E-state index contributed by atoms with van der Waals surface area (Å²) in [5, 5.41) is 3.69. The highest BCUT2D eigenvalue weighted by molar-refractivity contribution is 6.01. The Morgan fingerprint density at radius 1 is 1.20 bits per heavy atom. The van der Waals surface area contributed by atoms with Crippen molar-refractivity contribution in [1.29, 1.82) is 0 Å². The van der Waals surface area contributed by atoms with E-state index in [2.05, 4.69) is 24.4 Å². The largest absolute Gasteiger partial charge is 0.313 e. The third-order valence-electron chi connectivity index (χ3n) is 5.93. The van der Waals surface area contributed by atoms with Crippen LogP contribution in [-0.4, -0.2) is 18.4 Å². The van der Waals surface area contributed by atoms with Gasteiger partial charge in [-0.05, 0) is 49.1 Å². The van der Waals surface area contributed by atoms with Crippen LogP contribution in [0.1, 0.15) is 54.4 Å². The van der Waals surface area contributed by atoms with Gasteiger partial charge in [0.05, 0.1) is 0 Å². The Balaban J connectivity index is 1.66. The monoisotopic (exact) mass is 269 g/mol. The van der Waals surface area contributed by atoms with Crippen molar-refractivity contribution in [2.75, 3.05) is 6.54 Å². The second-order valence-electron chi connectivity index (χ2n) is 6.98. The molecule has 3 aliphatic rings. The summed E-state index contributed by atoms with van der Waals surface area (Å²) in [5.74, 6) is 2.69. The number of hydrogen-bond donors (Lipinski definition) is 1. The Morgan fingerprint density at radius 3 is 2.95 bits per heavy atom. The predicted octanol–water partition coefficient (Wildman–Crippen LogP) is 3.38. The summed E-state index contributed by atoms with van der Waals surface area (Å²) < 4.78 is 0. The van der Waals surface area contributed by atoms with Gasteiger partial charge in [-0.2, -0.15) is 0 Å². The van der Waals surface area contributed by atoms with E-state index in [1.807, 2.05) is 12.1 Å². The summed E-state index contributed by atoms with van der Waals surface area (Å²) in [6, 6.07) is 8.66. The molecule has 1 aromatic rings. The summed E-state index contributed by atoms with van der Waals surface area (Å²) in [5.41, 5.74) is 2.24. The zero-order valence-electron chi connectivity index (χ0n) is 12.1. The van der Waals surface area contributed by atoms with Crippen molar-refractivity contribution in [1.82, 2.24) is 5.32 Å². The van der Waals surface area contributed by atoms with Gasteiger partial charge in [0.2, 0.25) is 0 Å². The Morgan fingerprint density at radius 2 is 2.05 bits per heavy atom. The van der Waals surface area contributed by atoms with Crippen molar-refractivity contribution in [3.63, 3.8) is 0 Å². The van der Waals surface area contributed by atoms with Gasteiger partial charge in [-0.3, -0.25) is 4.79 Å². The van der Waals surface area contributed by atoms with Crippen LogP contribution in [0, 0.1) is 17.8 Å². The highest BCUT2D eigenvalue weighted by atomic mass is 16.1. The van der Waals surface area contributed by atoms with E-state index in [4.69, 9.17) is 0 Å². The number of hydrogen-bond acceptors (Lipinski definition) is 2. The number of fused-ring (bicyclic) bond motifs is 2. The SMILES string of the molecule is CC1CC(C2NCC3CCCC32)C(=O)c2ccccc21. The molecular formula is C18H23NO. The molecular weight excluding hydrogens is 246 g/mol. The van der Waals surface area contributed by atoms with Crippen molar-refractivity contribution in [3.05, 3.63) is 35.4 Å². The molecule has 0 aromatic heterocycles. The molecule has 1 N–H and O–H groups in total.